The minimum Gasteiger partial charge on any atom is -0.506 e. The van der Waals surface area contributed by atoms with Crippen LogP contribution < -0.4 is 19.5 Å². The fourth-order valence-electron chi connectivity index (χ4n) is 2.78. The topological polar surface area (TPSA) is 114 Å². The number of sulfonamides is 1. The van der Waals surface area contributed by atoms with E-state index in [0.29, 0.717) is 0 Å². The third-order valence-corrected chi connectivity index (χ3v) is 5.62. The third kappa shape index (κ3) is 4.69. The van der Waals surface area contributed by atoms with Crippen LogP contribution in [0.3, 0.4) is 0 Å². The molecule has 0 bridgehead atoms. The maximum atomic E-state index is 13.9. The fraction of sp³-hybridized carbons (Fsp3) is 0.0952. The molecule has 8 nitrogen and oxygen atoms in total. The lowest BCUT2D eigenvalue weighted by atomic mass is 10.1. The second kappa shape index (κ2) is 8.92. The van der Waals surface area contributed by atoms with Crippen molar-refractivity contribution in [1.29, 1.82) is 0 Å². The molecular formula is C21H19FN2O6S. The van der Waals surface area contributed by atoms with Crippen LogP contribution in [0.5, 0.6) is 17.2 Å². The Hall–Kier alpha value is -3.79. The molecule has 162 valence electrons. The number of methoxy groups -OCH3 is 2. The van der Waals surface area contributed by atoms with Crippen molar-refractivity contribution in [2.75, 3.05) is 24.3 Å². The van der Waals surface area contributed by atoms with Gasteiger partial charge >= 0.3 is 0 Å². The molecular weight excluding hydrogens is 427 g/mol. The maximum Gasteiger partial charge on any atom is 0.262 e. The predicted octanol–water partition coefficient (Wildman–Crippen LogP) is 3.60. The van der Waals surface area contributed by atoms with Gasteiger partial charge in [-0.2, -0.15) is 0 Å². The summed E-state index contributed by atoms with van der Waals surface area (Å²) < 4.78 is 52.2. The van der Waals surface area contributed by atoms with Gasteiger partial charge in [0.05, 0.1) is 36.1 Å². The van der Waals surface area contributed by atoms with Gasteiger partial charge in [0.2, 0.25) is 0 Å². The Labute approximate surface area is 178 Å². The molecule has 0 aliphatic rings. The molecule has 0 aromatic heterocycles. The zero-order valence-electron chi connectivity index (χ0n) is 16.5. The Bertz CT molecular complexity index is 1230. The Kier molecular flexibility index (Phi) is 6.30. The number of aromatic hydroxyl groups is 1. The van der Waals surface area contributed by atoms with Crippen LogP contribution in [0.4, 0.5) is 15.8 Å². The van der Waals surface area contributed by atoms with E-state index in [9.17, 15) is 22.7 Å². The van der Waals surface area contributed by atoms with E-state index in [1.165, 1.54) is 44.6 Å². The molecule has 3 aromatic rings. The summed E-state index contributed by atoms with van der Waals surface area (Å²) >= 11 is 0. The summed E-state index contributed by atoms with van der Waals surface area (Å²) in [6.07, 6.45) is 0. The molecule has 0 fully saturated rings. The van der Waals surface area contributed by atoms with Crippen LogP contribution >= 0.6 is 0 Å². The molecule has 0 radical (unpaired) electrons. The number of carbonyl (C=O) groups excluding carboxylic acids is 1. The van der Waals surface area contributed by atoms with E-state index in [2.05, 4.69) is 10.0 Å². The number of hydrogen-bond donors (Lipinski definition) is 3. The molecule has 0 saturated heterocycles. The number of hydrogen-bond acceptors (Lipinski definition) is 6. The number of phenolic OH excluding ortho intramolecular Hbond substituents is 1. The highest BCUT2D eigenvalue weighted by Crippen LogP contribution is 2.36. The summed E-state index contributed by atoms with van der Waals surface area (Å²) in [4.78, 5) is 12.5. The Morgan fingerprint density at radius 2 is 1.61 bits per heavy atom. The number of carbonyl (C=O) groups is 1. The van der Waals surface area contributed by atoms with Crippen molar-refractivity contribution in [3.8, 4) is 17.2 Å². The fourth-order valence-corrected chi connectivity index (χ4v) is 3.89. The first kappa shape index (κ1) is 21.9. The van der Waals surface area contributed by atoms with Gasteiger partial charge in [-0.25, -0.2) is 12.8 Å². The molecule has 3 aromatic carbocycles. The highest BCUT2D eigenvalue weighted by atomic mass is 32.2. The van der Waals surface area contributed by atoms with Crippen molar-refractivity contribution in [3.63, 3.8) is 0 Å². The Morgan fingerprint density at radius 1 is 0.968 bits per heavy atom. The van der Waals surface area contributed by atoms with Gasteiger partial charge in [-0.05, 0) is 30.3 Å². The van der Waals surface area contributed by atoms with Crippen LogP contribution in [0.2, 0.25) is 0 Å². The van der Waals surface area contributed by atoms with Crippen molar-refractivity contribution in [1.82, 2.24) is 0 Å². The third-order valence-electron chi connectivity index (χ3n) is 4.28. The lowest BCUT2D eigenvalue weighted by molar-refractivity contribution is 0.102. The molecule has 0 aliphatic heterocycles. The van der Waals surface area contributed by atoms with Gasteiger partial charge in [0.25, 0.3) is 15.9 Å². The molecule has 3 N–H and O–H groups in total. The molecule has 0 heterocycles. The van der Waals surface area contributed by atoms with Crippen LogP contribution in [0.1, 0.15) is 10.4 Å². The monoisotopic (exact) mass is 446 g/mol. The van der Waals surface area contributed by atoms with E-state index in [4.69, 9.17) is 9.47 Å². The molecule has 10 heteroatoms. The number of phenols is 1. The van der Waals surface area contributed by atoms with Gasteiger partial charge in [-0.15, -0.1) is 0 Å². The molecule has 0 atom stereocenters. The summed E-state index contributed by atoms with van der Waals surface area (Å²) in [5.41, 5.74) is -0.303. The van der Waals surface area contributed by atoms with Crippen molar-refractivity contribution >= 4 is 27.3 Å². The smallest absolute Gasteiger partial charge is 0.262 e. The van der Waals surface area contributed by atoms with Crippen molar-refractivity contribution in [2.24, 2.45) is 0 Å². The van der Waals surface area contributed by atoms with Gasteiger partial charge in [-0.3, -0.25) is 9.52 Å². The zero-order chi connectivity index (χ0) is 22.6. The standard InChI is InChI=1S/C21H19FN2O6S/c1-29-19-12-13(31(27,28)24-16-8-4-3-7-15(16)22)11-14(20(19)30-2)21(26)23-17-9-5-6-10-18(17)25/h3-12,24-25H,1-2H3,(H,23,26). The number of benzene rings is 3. The minimum atomic E-state index is -4.29. The normalized spacial score (nSPS) is 10.9. The number of para-hydroxylation sites is 3. The maximum absolute atomic E-state index is 13.9. The second-order valence-electron chi connectivity index (χ2n) is 6.26. The summed E-state index contributed by atoms with van der Waals surface area (Å²) in [5, 5.41) is 12.4. The van der Waals surface area contributed by atoms with Gasteiger partial charge in [0, 0.05) is 6.07 Å². The number of ether oxygens (including phenoxy) is 2. The van der Waals surface area contributed by atoms with Crippen molar-refractivity contribution < 1.29 is 32.2 Å². The van der Waals surface area contributed by atoms with Crippen LogP contribution in [0.25, 0.3) is 0 Å². The lowest BCUT2D eigenvalue weighted by Gasteiger charge is -2.16. The molecule has 0 saturated carbocycles. The highest BCUT2D eigenvalue weighted by Gasteiger charge is 2.25. The van der Waals surface area contributed by atoms with Crippen molar-refractivity contribution in [3.05, 3.63) is 72.0 Å². The zero-order valence-corrected chi connectivity index (χ0v) is 17.4. The number of halogens is 1. The van der Waals surface area contributed by atoms with Gasteiger partial charge in [-0.1, -0.05) is 24.3 Å². The SMILES string of the molecule is COc1cc(S(=O)(=O)Nc2ccccc2F)cc(C(=O)Nc2ccccc2O)c1OC. The molecule has 0 unspecified atom stereocenters. The molecule has 3 rings (SSSR count). The average molecular weight is 446 g/mol. The highest BCUT2D eigenvalue weighted by molar-refractivity contribution is 7.92. The van der Waals surface area contributed by atoms with E-state index in [-0.39, 0.29) is 39.1 Å². The summed E-state index contributed by atoms with van der Waals surface area (Å²) in [6.45, 7) is 0. The van der Waals surface area contributed by atoms with Crippen LogP contribution in [0.15, 0.2) is 65.6 Å². The summed E-state index contributed by atoms with van der Waals surface area (Å²) in [5.74, 6) is -1.72. The van der Waals surface area contributed by atoms with Crippen molar-refractivity contribution in [2.45, 2.75) is 4.90 Å². The number of amides is 1. The number of nitrogens with one attached hydrogen (secondary N) is 2. The quantitative estimate of drug-likeness (QED) is 0.478. The van der Waals surface area contributed by atoms with Crippen LogP contribution in [0, 0.1) is 5.82 Å². The molecule has 0 spiro atoms. The average Bonchev–Trinajstić information content (AvgIpc) is 2.75. The number of anilines is 2. The van der Waals surface area contributed by atoms with Gasteiger partial charge < -0.3 is 19.9 Å². The van der Waals surface area contributed by atoms with E-state index < -0.39 is 21.7 Å². The minimum absolute atomic E-state index is 0.0136. The number of rotatable bonds is 7. The van der Waals surface area contributed by atoms with E-state index >= 15 is 0 Å². The van der Waals surface area contributed by atoms with E-state index in [0.717, 1.165) is 18.2 Å². The first-order chi connectivity index (χ1) is 14.8. The molecule has 1 amide bonds. The van der Waals surface area contributed by atoms with Gasteiger partial charge in [0.15, 0.2) is 11.5 Å². The van der Waals surface area contributed by atoms with Crippen LogP contribution in [-0.2, 0) is 10.0 Å². The first-order valence-electron chi connectivity index (χ1n) is 8.89. The molecule has 31 heavy (non-hydrogen) atoms. The molecule has 0 aliphatic carbocycles. The first-order valence-corrected chi connectivity index (χ1v) is 10.4. The predicted molar refractivity (Wildman–Crippen MR) is 113 cm³/mol. The van der Waals surface area contributed by atoms with E-state index in [1.807, 2.05) is 0 Å². The Balaban J connectivity index is 2.06. The Morgan fingerprint density at radius 3 is 2.23 bits per heavy atom. The largest absolute Gasteiger partial charge is 0.506 e. The summed E-state index contributed by atoms with van der Waals surface area (Å²) in [6, 6.07) is 13.5. The second-order valence-corrected chi connectivity index (χ2v) is 7.95. The summed E-state index contributed by atoms with van der Waals surface area (Å²) in [7, 11) is -1.71. The van der Waals surface area contributed by atoms with E-state index in [1.54, 1.807) is 12.1 Å². The van der Waals surface area contributed by atoms with Crippen LogP contribution in [-0.4, -0.2) is 33.7 Å². The lowest BCUT2D eigenvalue weighted by Crippen LogP contribution is -2.18. The van der Waals surface area contributed by atoms with Gasteiger partial charge in [0.1, 0.15) is 11.6 Å².